The minimum atomic E-state index is -0.851. The van der Waals surface area contributed by atoms with Crippen molar-refractivity contribution in [1.29, 1.82) is 0 Å². The summed E-state index contributed by atoms with van der Waals surface area (Å²) in [4.78, 5) is 33.3. The SMILES string of the molecule is NC(=O)c1cc(F)c(N[C@@H]2CCCC[C@@H]2N)nc1Nc1cncc(NC(=O)c2ccc3c(c2)OCCO3)c1. The number of nitrogens with one attached hydrogen (secondary N) is 3. The number of fused-ring (bicyclic) bond motifs is 1. The molecule has 1 aromatic carbocycles. The van der Waals surface area contributed by atoms with Crippen LogP contribution in [0.5, 0.6) is 11.5 Å². The minimum absolute atomic E-state index is 0.0316. The van der Waals surface area contributed by atoms with Crippen LogP contribution >= 0.6 is 0 Å². The van der Waals surface area contributed by atoms with E-state index in [1.54, 1.807) is 24.3 Å². The molecule has 0 saturated heterocycles. The number of halogens is 1. The zero-order valence-electron chi connectivity index (χ0n) is 20.5. The lowest BCUT2D eigenvalue weighted by Crippen LogP contribution is -2.43. The third kappa shape index (κ3) is 5.59. The lowest BCUT2D eigenvalue weighted by Gasteiger charge is -2.30. The summed E-state index contributed by atoms with van der Waals surface area (Å²) in [7, 11) is 0. The standard InChI is InChI=1S/C26H28FN7O4/c27-18-11-17(23(29)35)24(34-25(18)33-20-4-2-1-3-19(20)28)31-15-10-16(13-30-12-15)32-26(36)14-5-6-21-22(9-14)38-8-7-37-21/h5-6,9-13,19-20H,1-4,7-8,28H2,(H2,29,35)(H,32,36)(H2,31,33,34)/t19-,20+/m0/s1. The lowest BCUT2D eigenvalue weighted by atomic mass is 9.91. The Bertz CT molecular complexity index is 1370. The molecule has 38 heavy (non-hydrogen) atoms. The second-order valence-electron chi connectivity index (χ2n) is 9.18. The molecule has 0 spiro atoms. The van der Waals surface area contributed by atoms with Crippen LogP contribution in [0.2, 0.25) is 0 Å². The maximum Gasteiger partial charge on any atom is 0.255 e. The van der Waals surface area contributed by atoms with Gasteiger partial charge in [-0.15, -0.1) is 0 Å². The molecule has 1 aliphatic heterocycles. The van der Waals surface area contributed by atoms with Gasteiger partial charge in [0.15, 0.2) is 23.1 Å². The fourth-order valence-electron chi connectivity index (χ4n) is 4.49. The van der Waals surface area contributed by atoms with Crippen molar-refractivity contribution in [2.24, 2.45) is 11.5 Å². The molecular weight excluding hydrogens is 493 g/mol. The van der Waals surface area contributed by atoms with Crippen molar-refractivity contribution < 1.29 is 23.5 Å². The van der Waals surface area contributed by atoms with Crippen LogP contribution < -0.4 is 36.9 Å². The van der Waals surface area contributed by atoms with Crippen LogP contribution in [-0.2, 0) is 0 Å². The average molecular weight is 522 g/mol. The van der Waals surface area contributed by atoms with E-state index in [1.807, 2.05) is 0 Å². The molecule has 5 rings (SSSR count). The van der Waals surface area contributed by atoms with Crippen molar-refractivity contribution in [2.75, 3.05) is 29.2 Å². The Morgan fingerprint density at radius 1 is 0.974 bits per heavy atom. The number of hydrogen-bond acceptors (Lipinski definition) is 9. The first-order valence-electron chi connectivity index (χ1n) is 12.3. The highest BCUT2D eigenvalue weighted by Crippen LogP contribution is 2.31. The largest absolute Gasteiger partial charge is 0.486 e. The van der Waals surface area contributed by atoms with E-state index in [4.69, 9.17) is 20.9 Å². The first-order chi connectivity index (χ1) is 18.4. The van der Waals surface area contributed by atoms with E-state index in [0.717, 1.165) is 31.7 Å². The van der Waals surface area contributed by atoms with Crippen LogP contribution in [0.1, 0.15) is 46.4 Å². The lowest BCUT2D eigenvalue weighted by molar-refractivity contribution is 0.0997. The number of hydrogen-bond donors (Lipinski definition) is 5. The molecule has 0 radical (unpaired) electrons. The molecule has 2 atom stereocenters. The van der Waals surface area contributed by atoms with Gasteiger partial charge in [0.25, 0.3) is 11.8 Å². The topological polar surface area (TPSA) is 167 Å². The molecule has 1 fully saturated rings. The summed E-state index contributed by atoms with van der Waals surface area (Å²) in [6.45, 7) is 0.862. The highest BCUT2D eigenvalue weighted by molar-refractivity contribution is 6.05. The molecule has 3 heterocycles. The molecule has 1 aliphatic carbocycles. The Hall–Kier alpha value is -4.45. The quantitative estimate of drug-likeness (QED) is 0.314. The first-order valence-corrected chi connectivity index (χ1v) is 12.3. The Kier molecular flexibility index (Phi) is 7.22. The number of carbonyl (C=O) groups is 2. The van der Waals surface area contributed by atoms with Gasteiger partial charge >= 0.3 is 0 Å². The number of anilines is 4. The number of primary amides is 1. The van der Waals surface area contributed by atoms with Crippen molar-refractivity contribution in [3.63, 3.8) is 0 Å². The minimum Gasteiger partial charge on any atom is -0.486 e. The zero-order chi connectivity index (χ0) is 26.6. The van der Waals surface area contributed by atoms with E-state index >= 15 is 0 Å². The molecule has 0 bridgehead atoms. The van der Waals surface area contributed by atoms with E-state index < -0.39 is 11.7 Å². The summed E-state index contributed by atoms with van der Waals surface area (Å²) in [5.74, 6) is -0.848. The third-order valence-electron chi connectivity index (χ3n) is 6.45. The molecule has 3 aromatic rings. The monoisotopic (exact) mass is 521 g/mol. The molecule has 2 aromatic heterocycles. The third-order valence-corrected chi connectivity index (χ3v) is 6.45. The smallest absolute Gasteiger partial charge is 0.255 e. The number of pyridine rings is 2. The Labute approximate surface area is 218 Å². The second kappa shape index (κ2) is 10.9. The van der Waals surface area contributed by atoms with Crippen molar-refractivity contribution >= 4 is 34.8 Å². The van der Waals surface area contributed by atoms with Crippen LogP contribution in [0.4, 0.5) is 27.4 Å². The van der Waals surface area contributed by atoms with Crippen LogP contribution in [0.3, 0.4) is 0 Å². The van der Waals surface area contributed by atoms with Crippen LogP contribution in [0, 0.1) is 5.82 Å². The fraction of sp³-hybridized carbons (Fsp3) is 0.308. The highest BCUT2D eigenvalue weighted by atomic mass is 19.1. The number of benzene rings is 1. The second-order valence-corrected chi connectivity index (χ2v) is 9.18. The van der Waals surface area contributed by atoms with Gasteiger partial charge in [0.2, 0.25) is 0 Å². The Morgan fingerprint density at radius 2 is 1.74 bits per heavy atom. The first kappa shape index (κ1) is 25.2. The van der Waals surface area contributed by atoms with Gasteiger partial charge in [0.1, 0.15) is 19.0 Å². The number of nitrogens with two attached hydrogens (primary N) is 2. The van der Waals surface area contributed by atoms with Crippen LogP contribution in [0.15, 0.2) is 42.7 Å². The molecule has 0 unspecified atom stereocenters. The van der Waals surface area contributed by atoms with Gasteiger partial charge in [0.05, 0.1) is 29.3 Å². The molecule has 11 nitrogen and oxygen atoms in total. The van der Waals surface area contributed by atoms with Crippen LogP contribution in [-0.4, -0.2) is 47.1 Å². The van der Waals surface area contributed by atoms with Gasteiger partial charge in [-0.25, -0.2) is 9.37 Å². The summed E-state index contributed by atoms with van der Waals surface area (Å²) >= 11 is 0. The van der Waals surface area contributed by atoms with Gasteiger partial charge in [-0.3, -0.25) is 14.6 Å². The predicted octanol–water partition coefficient (Wildman–Crippen LogP) is 3.16. The van der Waals surface area contributed by atoms with E-state index in [0.29, 0.717) is 41.7 Å². The number of nitrogens with zero attached hydrogens (tertiary/aromatic N) is 2. The summed E-state index contributed by atoms with van der Waals surface area (Å²) < 4.78 is 25.8. The van der Waals surface area contributed by atoms with E-state index in [9.17, 15) is 14.0 Å². The van der Waals surface area contributed by atoms with Gasteiger partial charge in [-0.2, -0.15) is 0 Å². The van der Waals surface area contributed by atoms with Crippen molar-refractivity contribution in [2.45, 2.75) is 37.8 Å². The van der Waals surface area contributed by atoms with Crippen molar-refractivity contribution in [3.8, 4) is 11.5 Å². The van der Waals surface area contributed by atoms with E-state index in [1.165, 1.54) is 12.4 Å². The number of carbonyl (C=O) groups excluding carboxylic acids is 2. The summed E-state index contributed by atoms with van der Waals surface area (Å²) in [6, 6.07) is 7.28. The number of aromatic nitrogens is 2. The molecule has 198 valence electrons. The summed E-state index contributed by atoms with van der Waals surface area (Å²) in [5.41, 5.74) is 12.7. The molecule has 7 N–H and O–H groups in total. The Balaban J connectivity index is 1.35. The van der Waals surface area contributed by atoms with E-state index in [2.05, 4.69) is 25.9 Å². The molecular formula is C26H28FN7O4. The van der Waals surface area contributed by atoms with Gasteiger partial charge in [0, 0.05) is 17.6 Å². The number of rotatable bonds is 7. The van der Waals surface area contributed by atoms with Crippen molar-refractivity contribution in [3.05, 3.63) is 59.7 Å². The predicted molar refractivity (Wildman–Crippen MR) is 139 cm³/mol. The van der Waals surface area contributed by atoms with Gasteiger partial charge in [-0.1, -0.05) is 12.8 Å². The summed E-state index contributed by atoms with van der Waals surface area (Å²) in [5, 5.41) is 8.81. The fourth-order valence-corrected chi connectivity index (χ4v) is 4.49. The van der Waals surface area contributed by atoms with Gasteiger partial charge < -0.3 is 36.9 Å². The van der Waals surface area contributed by atoms with Crippen molar-refractivity contribution in [1.82, 2.24) is 9.97 Å². The number of amides is 2. The van der Waals surface area contributed by atoms with E-state index in [-0.39, 0.29) is 35.2 Å². The van der Waals surface area contributed by atoms with Crippen LogP contribution in [0.25, 0.3) is 0 Å². The molecule has 2 amide bonds. The molecule has 1 saturated carbocycles. The molecule has 12 heteroatoms. The molecule has 2 aliphatic rings. The zero-order valence-corrected chi connectivity index (χ0v) is 20.5. The average Bonchev–Trinajstić information content (AvgIpc) is 2.91. The van der Waals surface area contributed by atoms with Gasteiger partial charge in [-0.05, 0) is 43.2 Å². The number of ether oxygens (including phenoxy) is 2. The maximum absolute atomic E-state index is 14.8. The summed E-state index contributed by atoms with van der Waals surface area (Å²) in [6.07, 6.45) is 6.56. The Morgan fingerprint density at radius 3 is 2.53 bits per heavy atom. The highest BCUT2D eigenvalue weighted by Gasteiger charge is 2.24. The normalized spacial score (nSPS) is 18.4. The maximum atomic E-state index is 14.8.